The zero-order valence-electron chi connectivity index (χ0n) is 12.4. The van der Waals surface area contributed by atoms with Crippen LogP contribution >= 0.6 is 15.9 Å². The van der Waals surface area contributed by atoms with Gasteiger partial charge in [0.25, 0.3) is 0 Å². The van der Waals surface area contributed by atoms with E-state index in [0.29, 0.717) is 22.4 Å². The Kier molecular flexibility index (Phi) is 5.38. The lowest BCUT2D eigenvalue weighted by atomic mass is 10.1. The van der Waals surface area contributed by atoms with Crippen molar-refractivity contribution in [3.05, 3.63) is 46.2 Å². The van der Waals surface area contributed by atoms with E-state index in [4.69, 9.17) is 4.74 Å². The fraction of sp³-hybridized carbons (Fsp3) is 0.250. The van der Waals surface area contributed by atoms with Crippen LogP contribution in [0.2, 0.25) is 0 Å². The number of carbonyl (C=O) groups excluding carboxylic acids is 1. The standard InChI is InChI=1S/C16H17BrN2O3/c1-3-19-10-12(9-18-19)14(20)6-5-11-7-13(17)16(21)15(8-11)22-4-2/h5-10,21H,3-4H2,1-2H3/b6-5+. The highest BCUT2D eigenvalue weighted by molar-refractivity contribution is 9.10. The van der Waals surface area contributed by atoms with Crippen molar-refractivity contribution in [2.75, 3.05) is 6.61 Å². The van der Waals surface area contributed by atoms with Crippen molar-refractivity contribution < 1.29 is 14.6 Å². The third-order valence-electron chi connectivity index (χ3n) is 3.02. The van der Waals surface area contributed by atoms with E-state index in [-0.39, 0.29) is 11.5 Å². The first kappa shape index (κ1) is 16.3. The summed E-state index contributed by atoms with van der Waals surface area (Å²) in [6, 6.07) is 3.40. The Bertz CT molecular complexity index is 707. The number of hydrogen-bond acceptors (Lipinski definition) is 4. The van der Waals surface area contributed by atoms with E-state index in [1.54, 1.807) is 35.3 Å². The fourth-order valence-corrected chi connectivity index (χ4v) is 2.35. The van der Waals surface area contributed by atoms with Gasteiger partial charge in [0.05, 0.1) is 22.8 Å². The lowest BCUT2D eigenvalue weighted by Crippen LogP contribution is -1.95. The van der Waals surface area contributed by atoms with Gasteiger partial charge in [-0.3, -0.25) is 9.48 Å². The molecule has 0 saturated carbocycles. The van der Waals surface area contributed by atoms with Crippen molar-refractivity contribution in [3.8, 4) is 11.5 Å². The number of nitrogens with zero attached hydrogens (tertiary/aromatic N) is 2. The number of phenols is 1. The Morgan fingerprint density at radius 1 is 1.45 bits per heavy atom. The van der Waals surface area contributed by atoms with Crippen molar-refractivity contribution in [2.45, 2.75) is 20.4 Å². The van der Waals surface area contributed by atoms with Crippen molar-refractivity contribution in [3.63, 3.8) is 0 Å². The summed E-state index contributed by atoms with van der Waals surface area (Å²) in [5, 5.41) is 13.9. The van der Waals surface area contributed by atoms with Crippen molar-refractivity contribution in [1.29, 1.82) is 0 Å². The molecule has 0 aliphatic rings. The van der Waals surface area contributed by atoms with Gasteiger partial charge in [0.2, 0.25) is 0 Å². The maximum Gasteiger partial charge on any atom is 0.189 e. The Hall–Kier alpha value is -2.08. The van der Waals surface area contributed by atoms with Crippen LogP contribution in [0.5, 0.6) is 11.5 Å². The molecular formula is C16H17BrN2O3. The van der Waals surface area contributed by atoms with Gasteiger partial charge < -0.3 is 9.84 Å². The minimum Gasteiger partial charge on any atom is -0.503 e. The Morgan fingerprint density at radius 2 is 2.23 bits per heavy atom. The first-order chi connectivity index (χ1) is 10.5. The molecule has 1 aromatic heterocycles. The van der Waals surface area contributed by atoms with Gasteiger partial charge in [-0.1, -0.05) is 6.08 Å². The number of rotatable bonds is 6. The molecule has 1 N–H and O–H groups in total. The zero-order valence-corrected chi connectivity index (χ0v) is 14.0. The highest BCUT2D eigenvalue weighted by Gasteiger charge is 2.09. The number of phenolic OH excluding ortho intramolecular Hbond substituents is 1. The molecule has 0 aliphatic heterocycles. The summed E-state index contributed by atoms with van der Waals surface area (Å²) in [5.74, 6) is 0.305. The summed E-state index contributed by atoms with van der Waals surface area (Å²) in [7, 11) is 0. The molecule has 1 heterocycles. The van der Waals surface area contributed by atoms with Crippen LogP contribution in [0.25, 0.3) is 6.08 Å². The van der Waals surface area contributed by atoms with Crippen molar-refractivity contribution >= 4 is 27.8 Å². The van der Waals surface area contributed by atoms with Gasteiger partial charge in [0, 0.05) is 12.7 Å². The molecule has 0 unspecified atom stereocenters. The number of hydrogen-bond donors (Lipinski definition) is 1. The third kappa shape index (κ3) is 3.76. The molecule has 0 saturated heterocycles. The number of allylic oxidation sites excluding steroid dienone is 1. The molecule has 6 heteroatoms. The summed E-state index contributed by atoms with van der Waals surface area (Å²) < 4.78 is 7.57. The summed E-state index contributed by atoms with van der Waals surface area (Å²) in [6.45, 7) is 4.97. The van der Waals surface area contributed by atoms with E-state index < -0.39 is 0 Å². The lowest BCUT2D eigenvalue weighted by molar-refractivity contribution is 0.104. The number of aromatic nitrogens is 2. The topological polar surface area (TPSA) is 64.3 Å². The molecule has 0 bridgehead atoms. The number of aromatic hydroxyl groups is 1. The molecule has 2 aromatic rings. The molecule has 0 atom stereocenters. The maximum absolute atomic E-state index is 12.1. The summed E-state index contributed by atoms with van der Waals surface area (Å²) in [6.07, 6.45) is 6.42. The summed E-state index contributed by atoms with van der Waals surface area (Å²) in [4.78, 5) is 12.1. The van der Waals surface area contributed by atoms with Crippen molar-refractivity contribution in [2.24, 2.45) is 0 Å². The fourth-order valence-electron chi connectivity index (χ4n) is 1.89. The van der Waals surface area contributed by atoms with Gasteiger partial charge in [-0.25, -0.2) is 0 Å². The van der Waals surface area contributed by atoms with Gasteiger partial charge in [0.15, 0.2) is 17.3 Å². The molecule has 0 fully saturated rings. The molecule has 0 amide bonds. The van der Waals surface area contributed by atoms with Crippen LogP contribution in [0.3, 0.4) is 0 Å². The highest BCUT2D eigenvalue weighted by atomic mass is 79.9. The third-order valence-corrected chi connectivity index (χ3v) is 3.62. The first-order valence-corrected chi connectivity index (χ1v) is 7.74. The number of carbonyl (C=O) groups is 1. The monoisotopic (exact) mass is 364 g/mol. The second-order valence-corrected chi connectivity index (χ2v) is 5.42. The number of ketones is 1. The number of ether oxygens (including phenoxy) is 1. The van der Waals surface area contributed by atoms with Crippen LogP contribution in [0.4, 0.5) is 0 Å². The predicted octanol–water partition coefficient (Wildman–Crippen LogP) is 3.67. The summed E-state index contributed by atoms with van der Waals surface area (Å²) in [5.41, 5.74) is 1.30. The predicted molar refractivity (Wildman–Crippen MR) is 88.2 cm³/mol. The minimum absolute atomic E-state index is 0.0505. The quantitative estimate of drug-likeness (QED) is 0.627. The number of aryl methyl sites for hydroxylation is 1. The van der Waals surface area contributed by atoms with Crippen LogP contribution in [-0.4, -0.2) is 27.3 Å². The molecule has 0 spiro atoms. The van der Waals surface area contributed by atoms with Gasteiger partial charge in [-0.2, -0.15) is 5.10 Å². The second-order valence-electron chi connectivity index (χ2n) is 4.56. The first-order valence-electron chi connectivity index (χ1n) is 6.95. The molecule has 0 radical (unpaired) electrons. The Balaban J connectivity index is 2.20. The van der Waals surface area contributed by atoms with E-state index in [2.05, 4.69) is 21.0 Å². The average Bonchev–Trinajstić information content (AvgIpc) is 2.99. The zero-order chi connectivity index (χ0) is 16.1. The van der Waals surface area contributed by atoms with Gasteiger partial charge >= 0.3 is 0 Å². The van der Waals surface area contributed by atoms with E-state index in [9.17, 15) is 9.90 Å². The molecule has 2 rings (SSSR count). The average molecular weight is 365 g/mol. The van der Waals surface area contributed by atoms with Crippen LogP contribution in [0, 0.1) is 0 Å². The molecular weight excluding hydrogens is 348 g/mol. The van der Waals surface area contributed by atoms with E-state index >= 15 is 0 Å². The normalized spacial score (nSPS) is 11.0. The molecule has 0 aliphatic carbocycles. The SMILES string of the molecule is CCOc1cc(/C=C/C(=O)c2cnn(CC)c2)cc(Br)c1O. The van der Waals surface area contributed by atoms with Gasteiger partial charge in [-0.15, -0.1) is 0 Å². The van der Waals surface area contributed by atoms with Crippen LogP contribution < -0.4 is 4.74 Å². The van der Waals surface area contributed by atoms with Crippen LogP contribution in [0.1, 0.15) is 29.8 Å². The van der Waals surface area contributed by atoms with E-state index in [0.717, 1.165) is 12.1 Å². The van der Waals surface area contributed by atoms with E-state index in [1.165, 1.54) is 6.08 Å². The Morgan fingerprint density at radius 3 is 2.86 bits per heavy atom. The lowest BCUT2D eigenvalue weighted by Gasteiger charge is -2.08. The molecule has 22 heavy (non-hydrogen) atoms. The molecule has 116 valence electrons. The largest absolute Gasteiger partial charge is 0.503 e. The van der Waals surface area contributed by atoms with Crippen molar-refractivity contribution in [1.82, 2.24) is 9.78 Å². The summed E-state index contributed by atoms with van der Waals surface area (Å²) >= 11 is 3.27. The smallest absolute Gasteiger partial charge is 0.189 e. The Labute approximate surface area is 137 Å². The minimum atomic E-state index is -0.123. The molecule has 5 nitrogen and oxygen atoms in total. The van der Waals surface area contributed by atoms with Gasteiger partial charge in [0.1, 0.15) is 0 Å². The highest BCUT2D eigenvalue weighted by Crippen LogP contribution is 2.35. The van der Waals surface area contributed by atoms with E-state index in [1.807, 2.05) is 13.8 Å². The second kappa shape index (κ2) is 7.26. The maximum atomic E-state index is 12.1. The number of halogens is 1. The number of benzene rings is 1. The van der Waals surface area contributed by atoms with Crippen LogP contribution in [0.15, 0.2) is 35.1 Å². The van der Waals surface area contributed by atoms with Crippen LogP contribution in [-0.2, 0) is 6.54 Å². The van der Waals surface area contributed by atoms with Gasteiger partial charge in [-0.05, 0) is 53.5 Å². The molecule has 1 aromatic carbocycles.